The number of piperazine rings is 1. The summed E-state index contributed by atoms with van der Waals surface area (Å²) in [6, 6.07) is 8.13. The molecule has 1 aliphatic heterocycles. The van der Waals surface area contributed by atoms with Crippen LogP contribution in [0.3, 0.4) is 0 Å². The molecule has 0 atom stereocenters. The zero-order valence-corrected chi connectivity index (χ0v) is 20.5. The highest BCUT2D eigenvalue weighted by Gasteiger charge is 2.21. The van der Waals surface area contributed by atoms with Crippen LogP contribution in [0.2, 0.25) is 5.02 Å². The molecule has 4 heterocycles. The van der Waals surface area contributed by atoms with Crippen LogP contribution in [0.5, 0.6) is 5.88 Å². The summed E-state index contributed by atoms with van der Waals surface area (Å²) in [6.07, 6.45) is 5.33. The molecule has 6 rings (SSSR count). The number of aromatic hydroxyl groups is 1. The van der Waals surface area contributed by atoms with Crippen LogP contribution in [0.25, 0.3) is 11.7 Å². The first kappa shape index (κ1) is 22.6. The van der Waals surface area contributed by atoms with Crippen molar-refractivity contribution in [3.8, 4) is 5.88 Å². The van der Waals surface area contributed by atoms with Gasteiger partial charge in [-0.2, -0.15) is 9.61 Å². The summed E-state index contributed by atoms with van der Waals surface area (Å²) in [5, 5.41) is 19.0. The van der Waals surface area contributed by atoms with Gasteiger partial charge in [0, 0.05) is 43.2 Å². The second kappa shape index (κ2) is 8.99. The van der Waals surface area contributed by atoms with E-state index in [9.17, 15) is 9.90 Å². The molecule has 2 fully saturated rings. The van der Waals surface area contributed by atoms with E-state index < -0.39 is 5.69 Å². The Balaban J connectivity index is 1.37. The van der Waals surface area contributed by atoms with Gasteiger partial charge in [-0.1, -0.05) is 11.6 Å². The monoisotopic (exact) mass is 507 g/mol. The summed E-state index contributed by atoms with van der Waals surface area (Å²) in [7, 11) is 2.13. The average Bonchev–Trinajstić information content (AvgIpc) is 3.49. The Morgan fingerprint density at radius 1 is 1.19 bits per heavy atom. The first-order valence-electron chi connectivity index (χ1n) is 11.9. The molecule has 0 spiro atoms. The third-order valence-electron chi connectivity index (χ3n) is 6.46. The number of H-pyrrole nitrogens is 2. The fraction of sp³-hybridized carbons (Fsp3) is 0.333. The summed E-state index contributed by atoms with van der Waals surface area (Å²) in [6.45, 7) is 3.97. The second-order valence-corrected chi connectivity index (χ2v) is 9.67. The van der Waals surface area contributed by atoms with E-state index in [1.54, 1.807) is 16.8 Å². The number of aromatic amines is 2. The number of imidazole rings is 1. The lowest BCUT2D eigenvalue weighted by atomic mass is 10.2. The molecule has 12 heteroatoms. The van der Waals surface area contributed by atoms with E-state index >= 15 is 0 Å². The number of aromatic nitrogens is 5. The van der Waals surface area contributed by atoms with Crippen molar-refractivity contribution in [2.45, 2.75) is 18.9 Å². The van der Waals surface area contributed by atoms with Crippen molar-refractivity contribution in [3.63, 3.8) is 0 Å². The van der Waals surface area contributed by atoms with E-state index in [1.807, 2.05) is 18.2 Å². The Hall–Kier alpha value is -3.83. The number of hydrogen-bond acceptors (Lipinski definition) is 8. The van der Waals surface area contributed by atoms with Gasteiger partial charge < -0.3 is 25.2 Å². The van der Waals surface area contributed by atoms with Gasteiger partial charge in [0.05, 0.1) is 22.9 Å². The molecule has 2 aliphatic rings. The highest BCUT2D eigenvalue weighted by molar-refractivity contribution is 6.33. The van der Waals surface area contributed by atoms with Gasteiger partial charge in [0.1, 0.15) is 11.5 Å². The highest BCUT2D eigenvalue weighted by Crippen LogP contribution is 2.30. The minimum Gasteiger partial charge on any atom is -0.493 e. The first-order chi connectivity index (χ1) is 17.4. The van der Waals surface area contributed by atoms with Crippen LogP contribution >= 0.6 is 11.6 Å². The molecular formula is C24H26ClN9O2. The maximum absolute atomic E-state index is 11.5. The molecule has 4 N–H and O–H groups in total. The number of fused-ring (bicyclic) bond motifs is 1. The van der Waals surface area contributed by atoms with Gasteiger partial charge >= 0.3 is 5.69 Å². The van der Waals surface area contributed by atoms with Crippen molar-refractivity contribution in [2.75, 3.05) is 43.4 Å². The van der Waals surface area contributed by atoms with Gasteiger partial charge in [-0.25, -0.2) is 9.78 Å². The molecule has 0 unspecified atom stereocenters. The lowest BCUT2D eigenvalue weighted by molar-refractivity contribution is 0.313. The Morgan fingerprint density at radius 2 is 2.00 bits per heavy atom. The van der Waals surface area contributed by atoms with E-state index in [2.05, 4.69) is 43.3 Å². The van der Waals surface area contributed by atoms with Gasteiger partial charge in [-0.05, 0) is 44.2 Å². The predicted octanol–water partition coefficient (Wildman–Crippen LogP) is 1.21. The van der Waals surface area contributed by atoms with Gasteiger partial charge in [0.2, 0.25) is 5.88 Å². The van der Waals surface area contributed by atoms with E-state index in [0.717, 1.165) is 50.4 Å². The van der Waals surface area contributed by atoms with Gasteiger partial charge in [0.15, 0.2) is 11.1 Å². The zero-order chi connectivity index (χ0) is 24.8. The van der Waals surface area contributed by atoms with Crippen molar-refractivity contribution in [1.29, 1.82) is 0 Å². The largest absolute Gasteiger partial charge is 0.493 e. The van der Waals surface area contributed by atoms with Crippen molar-refractivity contribution in [3.05, 3.63) is 62.4 Å². The molecular weight excluding hydrogens is 482 g/mol. The lowest BCUT2D eigenvalue weighted by Gasteiger charge is -2.34. The number of rotatable bonds is 5. The Kier molecular flexibility index (Phi) is 5.65. The van der Waals surface area contributed by atoms with E-state index in [0.29, 0.717) is 27.2 Å². The number of hydrogen-bond donors (Lipinski definition) is 4. The minimum atomic E-state index is -0.496. The van der Waals surface area contributed by atoms with Crippen LogP contribution in [0.15, 0.2) is 40.2 Å². The van der Waals surface area contributed by atoms with Crippen LogP contribution in [0.4, 0.5) is 17.2 Å². The Labute approximate surface area is 210 Å². The maximum Gasteiger partial charge on any atom is 0.326 e. The van der Waals surface area contributed by atoms with Crippen molar-refractivity contribution >= 4 is 40.5 Å². The maximum atomic E-state index is 11.5. The third-order valence-corrected chi connectivity index (χ3v) is 6.77. The molecule has 0 radical (unpaired) electrons. The van der Waals surface area contributed by atoms with Crippen LogP contribution in [-0.4, -0.2) is 73.8 Å². The van der Waals surface area contributed by atoms with Crippen LogP contribution < -0.4 is 26.6 Å². The first-order valence-corrected chi connectivity index (χ1v) is 12.3. The molecule has 36 heavy (non-hydrogen) atoms. The summed E-state index contributed by atoms with van der Waals surface area (Å²) < 4.78 is 1.66. The molecule has 1 aromatic carbocycles. The lowest BCUT2D eigenvalue weighted by Crippen LogP contribution is -2.44. The fourth-order valence-electron chi connectivity index (χ4n) is 4.26. The number of anilines is 3. The molecule has 0 amide bonds. The Morgan fingerprint density at radius 3 is 2.69 bits per heavy atom. The van der Waals surface area contributed by atoms with Gasteiger partial charge in [0.25, 0.3) is 0 Å². The van der Waals surface area contributed by atoms with Crippen molar-refractivity contribution in [1.82, 2.24) is 29.5 Å². The molecule has 1 saturated carbocycles. The number of nitrogens with one attached hydrogen (secondary N) is 3. The molecule has 0 bridgehead atoms. The predicted molar refractivity (Wildman–Crippen MR) is 138 cm³/mol. The summed E-state index contributed by atoms with van der Waals surface area (Å²) in [4.78, 5) is 30.6. The number of benzene rings is 1. The van der Waals surface area contributed by atoms with E-state index in [-0.39, 0.29) is 17.6 Å². The molecule has 186 valence electrons. The summed E-state index contributed by atoms with van der Waals surface area (Å²) in [5.74, 6) is 0.321. The number of nitrogens with zero attached hydrogens (tertiary/aromatic N) is 6. The normalized spacial score (nSPS) is 17.9. The molecule has 3 aromatic heterocycles. The third kappa shape index (κ3) is 4.54. The molecule has 1 aliphatic carbocycles. The standard InChI is InChI=1S/C24H26ClN9O2/c1-32-6-8-33(9-7-32)16-4-5-18(17(25)11-16)28-20-12-21(27-15-2-3-15)34-22(30-20)14(13-26-34)10-19-23(35)31-24(36)29-19/h4-5,10-13,15,28,35H,2-3,6-9H2,1H3,(H2,29,31,36). The van der Waals surface area contributed by atoms with Gasteiger partial charge in [-0.15, -0.1) is 0 Å². The minimum absolute atomic E-state index is 0.247. The average molecular weight is 508 g/mol. The van der Waals surface area contributed by atoms with Crippen molar-refractivity contribution in [2.24, 2.45) is 4.99 Å². The van der Waals surface area contributed by atoms with Crippen LogP contribution in [-0.2, 0) is 0 Å². The van der Waals surface area contributed by atoms with Crippen LogP contribution in [0.1, 0.15) is 18.5 Å². The number of likely N-dealkylation sites (N-methyl/N-ethyl adjacent to an activating group) is 1. The molecule has 4 aromatic rings. The van der Waals surface area contributed by atoms with Gasteiger partial charge in [-0.3, -0.25) is 9.98 Å². The SMILES string of the molecule is CN1CCN(c2ccc(Nc3cc(=NC4CC4)n4ncc(=Cc5[nH]c(=O)[nH]c5O)c4n3)c(Cl)c2)CC1. The van der Waals surface area contributed by atoms with Crippen LogP contribution in [0, 0.1) is 0 Å². The fourth-order valence-corrected chi connectivity index (χ4v) is 4.49. The van der Waals surface area contributed by atoms with E-state index in [4.69, 9.17) is 21.6 Å². The zero-order valence-electron chi connectivity index (χ0n) is 19.7. The quantitative estimate of drug-likeness (QED) is 0.319. The smallest absolute Gasteiger partial charge is 0.326 e. The van der Waals surface area contributed by atoms with Crippen molar-refractivity contribution < 1.29 is 5.11 Å². The van der Waals surface area contributed by atoms with E-state index in [1.165, 1.54) is 0 Å². The summed E-state index contributed by atoms with van der Waals surface area (Å²) >= 11 is 6.68. The molecule has 11 nitrogen and oxygen atoms in total. The molecule has 1 saturated heterocycles. The second-order valence-electron chi connectivity index (χ2n) is 9.26. The number of halogens is 1. The summed E-state index contributed by atoms with van der Waals surface area (Å²) in [5.41, 5.74) is 2.79. The topological polar surface area (TPSA) is 130 Å². The highest BCUT2D eigenvalue weighted by atomic mass is 35.5. The Bertz CT molecular complexity index is 1610.